The van der Waals surface area contributed by atoms with Crippen LogP contribution in [-0.4, -0.2) is 23.7 Å². The van der Waals surface area contributed by atoms with Gasteiger partial charge in [0.25, 0.3) is 0 Å². The third kappa shape index (κ3) is 4.12. The topological polar surface area (TPSA) is 56.3 Å². The Morgan fingerprint density at radius 2 is 1.95 bits per heavy atom. The zero-order valence-corrected chi connectivity index (χ0v) is 11.8. The zero-order valence-electron chi connectivity index (χ0n) is 11.8. The average Bonchev–Trinajstić information content (AvgIpc) is 2.52. The predicted octanol–water partition coefficient (Wildman–Crippen LogP) is 2.89. The maximum absolute atomic E-state index is 5.47. The van der Waals surface area contributed by atoms with E-state index in [-0.39, 0.29) is 0 Å². The number of methoxy groups -OCH3 is 1. The van der Waals surface area contributed by atoms with Gasteiger partial charge in [-0.2, -0.15) is 4.98 Å². The number of ether oxygens (including phenoxy) is 2. The highest BCUT2D eigenvalue weighted by Gasteiger charge is 2.00. The second kappa shape index (κ2) is 7.33. The van der Waals surface area contributed by atoms with Crippen molar-refractivity contribution >= 4 is 5.95 Å². The van der Waals surface area contributed by atoms with Crippen LogP contribution >= 0.6 is 0 Å². The number of nitrogens with zero attached hydrogens (tertiary/aromatic N) is 2. The van der Waals surface area contributed by atoms with E-state index in [2.05, 4.69) is 22.2 Å². The Balaban J connectivity index is 1.92. The number of nitrogens with one attached hydrogen (secondary N) is 1. The molecule has 0 spiro atoms. The molecule has 0 aliphatic heterocycles. The van der Waals surface area contributed by atoms with Crippen molar-refractivity contribution in [3.05, 3.63) is 42.1 Å². The highest BCUT2D eigenvalue weighted by atomic mass is 16.5. The van der Waals surface area contributed by atoms with Crippen LogP contribution in [0.2, 0.25) is 0 Å². The van der Waals surface area contributed by atoms with Crippen LogP contribution in [0.3, 0.4) is 0 Å². The first kappa shape index (κ1) is 14.1. The van der Waals surface area contributed by atoms with Gasteiger partial charge in [0.2, 0.25) is 11.8 Å². The van der Waals surface area contributed by atoms with Crippen LogP contribution in [0.25, 0.3) is 0 Å². The summed E-state index contributed by atoms with van der Waals surface area (Å²) < 4.78 is 10.6. The zero-order chi connectivity index (χ0) is 14.2. The molecule has 5 heteroatoms. The number of hydrogen-bond donors (Lipinski definition) is 1. The number of rotatable bonds is 7. The molecule has 2 aromatic rings. The molecule has 0 aliphatic rings. The van der Waals surface area contributed by atoms with Crippen LogP contribution in [0.4, 0.5) is 5.95 Å². The predicted molar refractivity (Wildman–Crippen MR) is 78.1 cm³/mol. The Morgan fingerprint density at radius 1 is 1.15 bits per heavy atom. The highest BCUT2D eigenvalue weighted by molar-refractivity contribution is 5.32. The van der Waals surface area contributed by atoms with Gasteiger partial charge in [0.15, 0.2) is 0 Å². The molecular formula is C15H19N3O2. The molecule has 0 saturated carbocycles. The lowest BCUT2D eigenvalue weighted by molar-refractivity contribution is 0.305. The third-order valence-electron chi connectivity index (χ3n) is 2.69. The number of aromatic nitrogens is 2. The summed E-state index contributed by atoms with van der Waals surface area (Å²) in [6.45, 7) is 3.38. The lowest BCUT2D eigenvalue weighted by atomic mass is 10.2. The Morgan fingerprint density at radius 3 is 2.65 bits per heavy atom. The van der Waals surface area contributed by atoms with E-state index in [0.29, 0.717) is 25.0 Å². The minimum absolute atomic E-state index is 0.564. The summed E-state index contributed by atoms with van der Waals surface area (Å²) in [5.74, 6) is 2.01. The van der Waals surface area contributed by atoms with Crippen molar-refractivity contribution in [1.82, 2.24) is 9.97 Å². The summed E-state index contributed by atoms with van der Waals surface area (Å²) in [5.41, 5.74) is 1.13. The maximum atomic E-state index is 5.47. The molecule has 106 valence electrons. The normalized spacial score (nSPS) is 10.1. The van der Waals surface area contributed by atoms with Gasteiger partial charge < -0.3 is 14.8 Å². The summed E-state index contributed by atoms with van der Waals surface area (Å²) in [6, 6.07) is 9.62. The Labute approximate surface area is 119 Å². The van der Waals surface area contributed by atoms with Crippen molar-refractivity contribution in [3.63, 3.8) is 0 Å². The first-order chi connectivity index (χ1) is 9.81. The lowest BCUT2D eigenvalue weighted by Crippen LogP contribution is -2.05. The molecule has 20 heavy (non-hydrogen) atoms. The number of anilines is 1. The molecule has 0 bridgehead atoms. The van der Waals surface area contributed by atoms with E-state index in [4.69, 9.17) is 9.47 Å². The summed E-state index contributed by atoms with van der Waals surface area (Å²) in [5, 5.41) is 3.17. The fourth-order valence-corrected chi connectivity index (χ4v) is 1.64. The summed E-state index contributed by atoms with van der Waals surface area (Å²) >= 11 is 0. The number of benzene rings is 1. The summed E-state index contributed by atoms with van der Waals surface area (Å²) in [6.07, 6.45) is 2.65. The first-order valence-corrected chi connectivity index (χ1v) is 6.64. The molecule has 0 unspecified atom stereocenters. The second-order valence-corrected chi connectivity index (χ2v) is 4.27. The van der Waals surface area contributed by atoms with Gasteiger partial charge in [-0.25, -0.2) is 4.98 Å². The van der Waals surface area contributed by atoms with Crippen LogP contribution in [0, 0.1) is 0 Å². The maximum Gasteiger partial charge on any atom is 0.226 e. The van der Waals surface area contributed by atoms with Crippen LogP contribution in [0.1, 0.15) is 18.9 Å². The molecule has 0 aliphatic carbocycles. The molecule has 0 atom stereocenters. The van der Waals surface area contributed by atoms with Crippen molar-refractivity contribution in [3.8, 4) is 11.6 Å². The van der Waals surface area contributed by atoms with Gasteiger partial charge in [-0.15, -0.1) is 0 Å². The van der Waals surface area contributed by atoms with Gasteiger partial charge in [-0.1, -0.05) is 19.1 Å². The van der Waals surface area contributed by atoms with E-state index in [0.717, 1.165) is 17.7 Å². The SMILES string of the molecule is CCCOc1ccnc(NCc2ccc(OC)cc2)n1. The van der Waals surface area contributed by atoms with Gasteiger partial charge in [-0.05, 0) is 24.1 Å². The number of hydrogen-bond acceptors (Lipinski definition) is 5. The van der Waals surface area contributed by atoms with E-state index in [9.17, 15) is 0 Å². The standard InChI is InChI=1S/C15H19N3O2/c1-3-10-20-14-8-9-16-15(18-14)17-11-12-4-6-13(19-2)7-5-12/h4-9H,3,10-11H2,1-2H3,(H,16,17,18). The van der Waals surface area contributed by atoms with Crippen molar-refractivity contribution < 1.29 is 9.47 Å². The Bertz CT molecular complexity index is 529. The fraction of sp³-hybridized carbons (Fsp3) is 0.333. The highest BCUT2D eigenvalue weighted by Crippen LogP contribution is 2.13. The molecule has 0 amide bonds. The average molecular weight is 273 g/mol. The first-order valence-electron chi connectivity index (χ1n) is 6.64. The molecule has 2 rings (SSSR count). The van der Waals surface area contributed by atoms with Gasteiger partial charge in [0.05, 0.1) is 13.7 Å². The minimum Gasteiger partial charge on any atom is -0.497 e. The molecule has 1 heterocycles. The molecule has 5 nitrogen and oxygen atoms in total. The molecule has 0 radical (unpaired) electrons. The van der Waals surface area contributed by atoms with E-state index in [1.54, 1.807) is 19.4 Å². The van der Waals surface area contributed by atoms with Crippen molar-refractivity contribution in [2.24, 2.45) is 0 Å². The second-order valence-electron chi connectivity index (χ2n) is 4.27. The van der Waals surface area contributed by atoms with Crippen LogP contribution in [0.5, 0.6) is 11.6 Å². The lowest BCUT2D eigenvalue weighted by Gasteiger charge is -2.08. The molecule has 1 aromatic carbocycles. The van der Waals surface area contributed by atoms with Gasteiger partial charge >= 0.3 is 0 Å². The Hall–Kier alpha value is -2.30. The van der Waals surface area contributed by atoms with Crippen LogP contribution in [0.15, 0.2) is 36.5 Å². The molecule has 0 saturated heterocycles. The smallest absolute Gasteiger partial charge is 0.226 e. The van der Waals surface area contributed by atoms with Gasteiger partial charge in [0.1, 0.15) is 5.75 Å². The van der Waals surface area contributed by atoms with Crippen molar-refractivity contribution in [1.29, 1.82) is 0 Å². The van der Waals surface area contributed by atoms with Gasteiger partial charge in [0, 0.05) is 18.8 Å². The fourth-order valence-electron chi connectivity index (χ4n) is 1.64. The quantitative estimate of drug-likeness (QED) is 0.840. The van der Waals surface area contributed by atoms with Gasteiger partial charge in [-0.3, -0.25) is 0 Å². The van der Waals surface area contributed by atoms with E-state index >= 15 is 0 Å². The summed E-state index contributed by atoms with van der Waals surface area (Å²) in [7, 11) is 1.66. The summed E-state index contributed by atoms with van der Waals surface area (Å²) in [4.78, 5) is 8.46. The van der Waals surface area contributed by atoms with E-state index < -0.39 is 0 Å². The minimum atomic E-state index is 0.564. The van der Waals surface area contributed by atoms with Crippen LogP contribution in [-0.2, 0) is 6.54 Å². The molecular weight excluding hydrogens is 254 g/mol. The molecule has 1 N–H and O–H groups in total. The van der Waals surface area contributed by atoms with Crippen molar-refractivity contribution in [2.45, 2.75) is 19.9 Å². The molecule has 0 fully saturated rings. The monoisotopic (exact) mass is 273 g/mol. The third-order valence-corrected chi connectivity index (χ3v) is 2.69. The largest absolute Gasteiger partial charge is 0.497 e. The van der Waals surface area contributed by atoms with E-state index in [1.165, 1.54) is 0 Å². The van der Waals surface area contributed by atoms with E-state index in [1.807, 2.05) is 24.3 Å². The molecule has 1 aromatic heterocycles. The Kier molecular flexibility index (Phi) is 5.17. The van der Waals surface area contributed by atoms with Crippen LogP contribution < -0.4 is 14.8 Å². The van der Waals surface area contributed by atoms with Crippen molar-refractivity contribution in [2.75, 3.05) is 19.0 Å².